The Balaban J connectivity index is 1.50. The first-order valence-electron chi connectivity index (χ1n) is 10.7. The van der Waals surface area contributed by atoms with Gasteiger partial charge in [-0.2, -0.15) is 0 Å². The highest BCUT2D eigenvalue weighted by atomic mass is 16.2. The number of nitrogens with zero attached hydrogens (tertiary/aromatic N) is 2. The fourth-order valence-corrected chi connectivity index (χ4v) is 7.38. The third-order valence-corrected chi connectivity index (χ3v) is 8.61. The van der Waals surface area contributed by atoms with Gasteiger partial charge in [0, 0.05) is 35.1 Å². The molecule has 0 radical (unpaired) electrons. The maximum absolute atomic E-state index is 13.5. The number of hydrogen-bond acceptors (Lipinski definition) is 2. The summed E-state index contributed by atoms with van der Waals surface area (Å²) in [6, 6.07) is 16.1. The van der Waals surface area contributed by atoms with E-state index in [1.807, 2.05) is 47.5 Å². The van der Waals surface area contributed by atoms with Gasteiger partial charge in [-0.15, -0.1) is 0 Å². The van der Waals surface area contributed by atoms with Crippen molar-refractivity contribution < 1.29 is 9.59 Å². The van der Waals surface area contributed by atoms with Gasteiger partial charge < -0.3 is 9.80 Å². The lowest BCUT2D eigenvalue weighted by Gasteiger charge is -2.64. The van der Waals surface area contributed by atoms with E-state index in [0.29, 0.717) is 0 Å². The Bertz CT molecular complexity index is 1230. The highest BCUT2D eigenvalue weighted by molar-refractivity contribution is 6.02. The quantitative estimate of drug-likeness (QED) is 0.633. The summed E-state index contributed by atoms with van der Waals surface area (Å²) in [5.74, 6) is 0.723. The van der Waals surface area contributed by atoms with Crippen molar-refractivity contribution >= 4 is 11.8 Å². The Kier molecular flexibility index (Phi) is 2.74. The fraction of sp³-hybridized carbons (Fsp3) is 0.308. The minimum atomic E-state index is -0.420. The van der Waals surface area contributed by atoms with E-state index in [4.69, 9.17) is 0 Å². The predicted molar refractivity (Wildman–Crippen MR) is 112 cm³/mol. The molecule has 6 atom stereocenters. The number of amides is 2. The molecule has 8 rings (SSSR count). The van der Waals surface area contributed by atoms with Gasteiger partial charge in [-0.25, -0.2) is 0 Å². The molecule has 1 fully saturated rings. The highest BCUT2D eigenvalue weighted by Gasteiger charge is 2.68. The average Bonchev–Trinajstić information content (AvgIpc) is 3.16. The van der Waals surface area contributed by atoms with Crippen LogP contribution in [0.4, 0.5) is 0 Å². The van der Waals surface area contributed by atoms with Crippen molar-refractivity contribution in [3.8, 4) is 0 Å². The lowest BCUT2D eigenvalue weighted by atomic mass is 9.52. The Morgan fingerprint density at radius 1 is 0.767 bits per heavy atom. The van der Waals surface area contributed by atoms with Crippen LogP contribution in [0.15, 0.2) is 73.0 Å². The lowest BCUT2D eigenvalue weighted by molar-refractivity contribution is -0.0922. The number of carbonyl (C=O) groups excluding carboxylic acids is 2. The highest BCUT2D eigenvalue weighted by Crippen LogP contribution is 2.64. The molecule has 3 unspecified atom stereocenters. The lowest BCUT2D eigenvalue weighted by Crippen LogP contribution is -2.69. The molecule has 148 valence electrons. The Morgan fingerprint density at radius 3 is 2.13 bits per heavy atom. The van der Waals surface area contributed by atoms with Crippen LogP contribution in [0.2, 0.25) is 0 Å². The largest absolute Gasteiger partial charge is 0.321 e. The van der Waals surface area contributed by atoms with Crippen LogP contribution in [0.25, 0.3) is 0 Å². The molecule has 4 nitrogen and oxygen atoms in total. The zero-order valence-electron chi connectivity index (χ0n) is 16.9. The van der Waals surface area contributed by atoms with Crippen LogP contribution in [-0.4, -0.2) is 27.7 Å². The van der Waals surface area contributed by atoms with Crippen molar-refractivity contribution in [3.63, 3.8) is 0 Å². The molecular weight excluding hydrogens is 372 g/mol. The van der Waals surface area contributed by atoms with Gasteiger partial charge in [-0.1, -0.05) is 54.6 Å². The van der Waals surface area contributed by atoms with Crippen LogP contribution in [0.3, 0.4) is 0 Å². The molecule has 5 aliphatic heterocycles. The molecule has 0 saturated carbocycles. The van der Waals surface area contributed by atoms with Crippen molar-refractivity contribution in [2.24, 2.45) is 17.8 Å². The van der Waals surface area contributed by atoms with Gasteiger partial charge in [0.05, 0.1) is 17.1 Å². The maximum Gasteiger partial charge on any atom is 0.258 e. The molecule has 0 spiro atoms. The summed E-state index contributed by atoms with van der Waals surface area (Å²) in [6.45, 7) is 4.45. The minimum Gasteiger partial charge on any atom is -0.321 e. The van der Waals surface area contributed by atoms with Crippen LogP contribution in [-0.2, 0) is 11.1 Å². The standard InChI is InChI=1S/C26H22N2O2/c1-25-18-9-5-4-8-16(18)24(30)28(25)21-12-11-20(25)22-17(21)13-14-27-23(29)15-7-3-6-10-19(15)26(22,27)2/h3-14,17,20-22H,1-2H3/t17?,20-,21+,22?,25+,26?/m0/s1. The maximum atomic E-state index is 13.5. The van der Waals surface area contributed by atoms with Gasteiger partial charge >= 0.3 is 0 Å². The fourth-order valence-electron chi connectivity index (χ4n) is 7.38. The first kappa shape index (κ1) is 16.6. The molecule has 30 heavy (non-hydrogen) atoms. The normalized spacial score (nSPS) is 39.0. The summed E-state index contributed by atoms with van der Waals surface area (Å²) in [4.78, 5) is 30.8. The molecule has 6 aliphatic rings. The predicted octanol–water partition coefficient (Wildman–Crippen LogP) is 4.06. The molecule has 1 saturated heterocycles. The average molecular weight is 394 g/mol. The van der Waals surface area contributed by atoms with E-state index in [2.05, 4.69) is 49.1 Å². The van der Waals surface area contributed by atoms with Gasteiger partial charge in [0.15, 0.2) is 0 Å². The number of piperidine rings is 1. The van der Waals surface area contributed by atoms with Crippen molar-refractivity contribution in [2.75, 3.05) is 0 Å². The number of hydrogen-bond donors (Lipinski definition) is 0. The summed E-state index contributed by atoms with van der Waals surface area (Å²) in [6.07, 6.45) is 8.70. The van der Waals surface area contributed by atoms with Crippen molar-refractivity contribution in [2.45, 2.75) is 31.0 Å². The van der Waals surface area contributed by atoms with Crippen molar-refractivity contribution in [1.29, 1.82) is 0 Å². The van der Waals surface area contributed by atoms with Crippen LogP contribution in [0.5, 0.6) is 0 Å². The number of benzene rings is 2. The van der Waals surface area contributed by atoms with Gasteiger partial charge in [0.1, 0.15) is 0 Å². The smallest absolute Gasteiger partial charge is 0.258 e. The second kappa shape index (κ2) is 4.94. The Hall–Kier alpha value is -3.14. The van der Waals surface area contributed by atoms with Gasteiger partial charge in [-0.05, 0) is 37.1 Å². The zero-order chi connectivity index (χ0) is 20.4. The molecule has 4 heteroatoms. The summed E-state index contributed by atoms with van der Waals surface area (Å²) >= 11 is 0. The first-order valence-corrected chi connectivity index (χ1v) is 10.7. The molecule has 2 bridgehead atoms. The van der Waals surface area contributed by atoms with E-state index >= 15 is 0 Å². The summed E-state index contributed by atoms with van der Waals surface area (Å²) in [5.41, 5.74) is 3.05. The minimum absolute atomic E-state index is 0.00277. The molecule has 2 aromatic rings. The summed E-state index contributed by atoms with van der Waals surface area (Å²) in [5, 5.41) is 0. The molecule has 0 aromatic heterocycles. The molecule has 2 amide bonds. The second-order valence-electron chi connectivity index (χ2n) is 9.58. The third-order valence-electron chi connectivity index (χ3n) is 8.61. The van der Waals surface area contributed by atoms with Crippen LogP contribution in [0.1, 0.15) is 45.7 Å². The van der Waals surface area contributed by atoms with Gasteiger partial charge in [-0.3, -0.25) is 9.59 Å². The molecular formula is C26H22N2O2. The zero-order valence-corrected chi connectivity index (χ0v) is 16.9. The Morgan fingerprint density at radius 2 is 1.40 bits per heavy atom. The van der Waals surface area contributed by atoms with E-state index in [9.17, 15) is 9.59 Å². The van der Waals surface area contributed by atoms with E-state index < -0.39 is 11.1 Å². The monoisotopic (exact) mass is 394 g/mol. The van der Waals surface area contributed by atoms with Gasteiger partial charge in [0.2, 0.25) is 0 Å². The van der Waals surface area contributed by atoms with Crippen molar-refractivity contribution in [3.05, 3.63) is 95.2 Å². The number of carbonyl (C=O) groups is 2. The third kappa shape index (κ3) is 1.51. The van der Waals surface area contributed by atoms with Crippen LogP contribution >= 0.6 is 0 Å². The number of rotatable bonds is 0. The van der Waals surface area contributed by atoms with Crippen LogP contribution in [0, 0.1) is 17.8 Å². The first-order chi connectivity index (χ1) is 14.5. The number of fused-ring (bicyclic) bond motifs is 4. The summed E-state index contributed by atoms with van der Waals surface area (Å²) in [7, 11) is 0. The van der Waals surface area contributed by atoms with E-state index in [1.54, 1.807) is 0 Å². The topological polar surface area (TPSA) is 40.6 Å². The molecule has 0 N–H and O–H groups in total. The van der Waals surface area contributed by atoms with Crippen LogP contribution < -0.4 is 0 Å². The second-order valence-corrected chi connectivity index (χ2v) is 9.58. The molecule has 2 aromatic carbocycles. The molecule has 1 aliphatic carbocycles. The molecule has 5 heterocycles. The van der Waals surface area contributed by atoms with E-state index in [-0.39, 0.29) is 35.6 Å². The summed E-state index contributed by atoms with van der Waals surface area (Å²) < 4.78 is 0. The van der Waals surface area contributed by atoms with E-state index in [0.717, 1.165) is 22.3 Å². The Labute approximate surface area is 175 Å². The van der Waals surface area contributed by atoms with Gasteiger partial charge in [0.25, 0.3) is 11.8 Å². The van der Waals surface area contributed by atoms with E-state index in [1.165, 1.54) is 0 Å². The van der Waals surface area contributed by atoms with Crippen molar-refractivity contribution in [1.82, 2.24) is 9.80 Å². The SMILES string of the molecule is CC12c3ccccc3C(=O)N1C=CC1C2[C@@H]2C=C[C@H]1N1C(=O)c3ccccc3[C@]21C.